The Morgan fingerprint density at radius 2 is 1.32 bits per heavy atom. The minimum Gasteiger partial charge on any atom is -0.292 e. The second-order valence-corrected chi connectivity index (χ2v) is 7.31. The Bertz CT molecular complexity index is 1560. The van der Waals surface area contributed by atoms with Crippen LogP contribution in [-0.4, -0.2) is 14.9 Å². The van der Waals surface area contributed by atoms with Gasteiger partial charge in [-0.1, -0.05) is 72.8 Å². The lowest BCUT2D eigenvalue weighted by atomic mass is 10.0. The molecule has 31 heavy (non-hydrogen) atoms. The van der Waals surface area contributed by atoms with Gasteiger partial charge in [-0.15, -0.1) is 0 Å². The van der Waals surface area contributed by atoms with Crippen molar-refractivity contribution in [3.8, 4) is 5.69 Å². The Balaban J connectivity index is 1.72. The summed E-state index contributed by atoms with van der Waals surface area (Å²) in [5, 5.41) is 2.18. The first kappa shape index (κ1) is 18.8. The van der Waals surface area contributed by atoms with Crippen molar-refractivity contribution in [2.24, 2.45) is 0 Å². The van der Waals surface area contributed by atoms with Gasteiger partial charge in [0, 0.05) is 5.56 Å². The third kappa shape index (κ3) is 3.16. The van der Waals surface area contributed by atoms with Crippen LogP contribution in [0.2, 0.25) is 0 Å². The molecule has 0 aliphatic rings. The predicted molar refractivity (Wildman–Crippen MR) is 122 cm³/mol. The molecule has 0 saturated carbocycles. The molecule has 1 heterocycles. The van der Waals surface area contributed by atoms with Gasteiger partial charge in [-0.25, -0.2) is 9.36 Å². The largest absolute Gasteiger partial charge is 0.336 e. The maximum Gasteiger partial charge on any atom is 0.336 e. The van der Waals surface area contributed by atoms with E-state index in [0.717, 1.165) is 15.3 Å². The van der Waals surface area contributed by atoms with Crippen molar-refractivity contribution < 1.29 is 4.79 Å². The van der Waals surface area contributed by atoms with E-state index < -0.39 is 11.2 Å². The third-order valence-corrected chi connectivity index (χ3v) is 5.46. The maximum absolute atomic E-state index is 13.4. The number of benzene rings is 4. The minimum absolute atomic E-state index is 0.166. The van der Waals surface area contributed by atoms with Crippen LogP contribution >= 0.6 is 0 Å². The fourth-order valence-electron chi connectivity index (χ4n) is 3.98. The van der Waals surface area contributed by atoms with Crippen LogP contribution < -0.4 is 11.2 Å². The SMILES string of the molecule is O=C(Cn1c(=O)n(-c2ccccc2)c(=O)c2ccccc21)c1cccc2ccccc12. The zero-order valence-electron chi connectivity index (χ0n) is 16.6. The van der Waals surface area contributed by atoms with Crippen molar-refractivity contribution in [1.82, 2.24) is 9.13 Å². The van der Waals surface area contributed by atoms with Gasteiger partial charge in [0.05, 0.1) is 23.1 Å². The summed E-state index contributed by atoms with van der Waals surface area (Å²) in [6, 6.07) is 28.8. The number of carbonyl (C=O) groups is 1. The Kier molecular flexibility index (Phi) is 4.56. The molecule has 5 heteroatoms. The lowest BCUT2D eigenvalue weighted by Gasteiger charge is -2.14. The summed E-state index contributed by atoms with van der Waals surface area (Å²) < 4.78 is 2.51. The van der Waals surface area contributed by atoms with Gasteiger partial charge in [0.25, 0.3) is 5.56 Å². The number of fused-ring (bicyclic) bond motifs is 2. The lowest BCUT2D eigenvalue weighted by Crippen LogP contribution is -2.40. The van der Waals surface area contributed by atoms with Crippen molar-refractivity contribution in [2.75, 3.05) is 0 Å². The molecule has 0 N–H and O–H groups in total. The summed E-state index contributed by atoms with van der Waals surface area (Å²) in [6.45, 7) is -0.166. The van der Waals surface area contributed by atoms with Crippen molar-refractivity contribution in [3.05, 3.63) is 123 Å². The summed E-state index contributed by atoms with van der Waals surface area (Å²) in [5.41, 5.74) is 0.517. The lowest BCUT2D eigenvalue weighted by molar-refractivity contribution is 0.0973. The molecular formula is C26H18N2O3. The molecule has 0 bridgehead atoms. The van der Waals surface area contributed by atoms with Gasteiger partial charge in [-0.2, -0.15) is 0 Å². The second-order valence-electron chi connectivity index (χ2n) is 7.31. The van der Waals surface area contributed by atoms with Gasteiger partial charge in [0.2, 0.25) is 0 Å². The number of Topliss-reactive ketones (excluding diaryl/α,β-unsaturated/α-hetero) is 1. The van der Waals surface area contributed by atoms with Crippen LogP contribution in [0.3, 0.4) is 0 Å². The molecule has 0 aliphatic carbocycles. The molecular weight excluding hydrogens is 388 g/mol. The summed E-state index contributed by atoms with van der Waals surface area (Å²) in [5.74, 6) is -0.192. The molecule has 0 amide bonds. The Morgan fingerprint density at radius 3 is 2.13 bits per heavy atom. The molecule has 5 nitrogen and oxygen atoms in total. The standard InChI is InChI=1S/C26H18N2O3/c29-24(21-15-8-10-18-9-4-5-13-20(18)21)17-27-23-16-7-6-14-22(23)25(30)28(26(27)31)19-11-2-1-3-12-19/h1-16H,17H2. The van der Waals surface area contributed by atoms with E-state index in [-0.39, 0.29) is 12.3 Å². The average molecular weight is 406 g/mol. The highest BCUT2D eigenvalue weighted by Crippen LogP contribution is 2.20. The van der Waals surface area contributed by atoms with Crippen molar-refractivity contribution >= 4 is 27.5 Å². The zero-order chi connectivity index (χ0) is 21.4. The third-order valence-electron chi connectivity index (χ3n) is 5.46. The number of para-hydroxylation sites is 2. The van der Waals surface area contributed by atoms with E-state index in [1.807, 2.05) is 42.5 Å². The highest BCUT2D eigenvalue weighted by atomic mass is 16.2. The zero-order valence-corrected chi connectivity index (χ0v) is 16.6. The molecule has 5 aromatic rings. The van der Waals surface area contributed by atoms with Crippen LogP contribution in [0.4, 0.5) is 0 Å². The molecule has 0 radical (unpaired) electrons. The van der Waals surface area contributed by atoms with Gasteiger partial charge in [0.15, 0.2) is 5.78 Å². The minimum atomic E-state index is -0.538. The molecule has 0 atom stereocenters. The van der Waals surface area contributed by atoms with Crippen molar-refractivity contribution in [1.29, 1.82) is 0 Å². The first-order valence-electron chi connectivity index (χ1n) is 9.96. The fraction of sp³-hybridized carbons (Fsp3) is 0.0385. The molecule has 0 saturated heterocycles. The van der Waals surface area contributed by atoms with Gasteiger partial charge in [0.1, 0.15) is 0 Å². The molecule has 0 aliphatic heterocycles. The maximum atomic E-state index is 13.4. The number of ketones is 1. The average Bonchev–Trinajstić information content (AvgIpc) is 2.82. The second kappa shape index (κ2) is 7.54. The van der Waals surface area contributed by atoms with Gasteiger partial charge >= 0.3 is 5.69 Å². The highest BCUT2D eigenvalue weighted by molar-refractivity contribution is 6.08. The Labute approximate surface area is 177 Å². The van der Waals surface area contributed by atoms with E-state index in [1.54, 1.807) is 54.6 Å². The number of hydrogen-bond donors (Lipinski definition) is 0. The summed E-state index contributed by atoms with van der Waals surface area (Å²) in [7, 11) is 0. The smallest absolute Gasteiger partial charge is 0.292 e. The number of hydrogen-bond acceptors (Lipinski definition) is 3. The molecule has 0 spiro atoms. The molecule has 150 valence electrons. The monoisotopic (exact) mass is 406 g/mol. The van der Waals surface area contributed by atoms with Crippen LogP contribution in [0.1, 0.15) is 10.4 Å². The molecule has 1 aromatic heterocycles. The fourth-order valence-corrected chi connectivity index (χ4v) is 3.98. The van der Waals surface area contributed by atoms with Crippen LogP contribution in [0.15, 0.2) is 107 Å². The predicted octanol–water partition coefficient (Wildman–Crippen LogP) is 4.19. The molecule has 4 aromatic carbocycles. The summed E-state index contributed by atoms with van der Waals surface area (Å²) in [6.07, 6.45) is 0. The van der Waals surface area contributed by atoms with Crippen LogP contribution in [0.5, 0.6) is 0 Å². The summed E-state index contributed by atoms with van der Waals surface area (Å²) >= 11 is 0. The van der Waals surface area contributed by atoms with E-state index in [4.69, 9.17) is 0 Å². The number of rotatable bonds is 4. The molecule has 0 fully saturated rings. The quantitative estimate of drug-likeness (QED) is 0.421. The normalized spacial score (nSPS) is 11.1. The van der Waals surface area contributed by atoms with E-state index in [0.29, 0.717) is 22.2 Å². The van der Waals surface area contributed by atoms with E-state index in [2.05, 4.69) is 0 Å². The Morgan fingerprint density at radius 1 is 0.677 bits per heavy atom. The first-order chi connectivity index (χ1) is 15.1. The van der Waals surface area contributed by atoms with Gasteiger partial charge in [-0.05, 0) is 35.0 Å². The highest BCUT2D eigenvalue weighted by Gasteiger charge is 2.18. The van der Waals surface area contributed by atoms with E-state index in [9.17, 15) is 14.4 Å². The summed E-state index contributed by atoms with van der Waals surface area (Å²) in [4.78, 5) is 39.8. The topological polar surface area (TPSA) is 61.1 Å². The van der Waals surface area contributed by atoms with Crippen LogP contribution in [-0.2, 0) is 6.54 Å². The van der Waals surface area contributed by atoms with Crippen molar-refractivity contribution in [3.63, 3.8) is 0 Å². The number of aromatic nitrogens is 2. The molecule has 5 rings (SSSR count). The van der Waals surface area contributed by atoms with Gasteiger partial charge in [-0.3, -0.25) is 14.2 Å². The Hall–Kier alpha value is -4.25. The number of nitrogens with zero attached hydrogens (tertiary/aromatic N) is 2. The van der Waals surface area contributed by atoms with Crippen molar-refractivity contribution in [2.45, 2.75) is 6.54 Å². The number of carbonyl (C=O) groups excluding carboxylic acids is 1. The van der Waals surface area contributed by atoms with Crippen LogP contribution in [0, 0.1) is 0 Å². The van der Waals surface area contributed by atoms with Crippen LogP contribution in [0.25, 0.3) is 27.4 Å². The molecule has 0 unspecified atom stereocenters. The van der Waals surface area contributed by atoms with E-state index in [1.165, 1.54) is 4.57 Å². The van der Waals surface area contributed by atoms with Gasteiger partial charge < -0.3 is 0 Å². The van der Waals surface area contributed by atoms with E-state index >= 15 is 0 Å². The first-order valence-corrected chi connectivity index (χ1v) is 9.96.